The zero-order valence-corrected chi connectivity index (χ0v) is 10.2. The number of nitrogens with one attached hydrogen (secondary N) is 1. The molecule has 0 aromatic heterocycles. The third-order valence-corrected chi connectivity index (χ3v) is 2.64. The Morgan fingerprint density at radius 1 is 1.44 bits per heavy atom. The summed E-state index contributed by atoms with van der Waals surface area (Å²) < 4.78 is 5.30. The quantitative estimate of drug-likeness (QED) is 0.711. The number of para-hydroxylation sites is 1. The Balaban J connectivity index is 2.44. The Hall–Kier alpha value is -1.28. The van der Waals surface area contributed by atoms with E-state index in [-0.39, 0.29) is 0 Å². The lowest BCUT2D eigenvalue weighted by Crippen LogP contribution is -2.25. The Morgan fingerprint density at radius 2 is 2.19 bits per heavy atom. The van der Waals surface area contributed by atoms with Gasteiger partial charge in [-0.15, -0.1) is 6.58 Å². The second kappa shape index (κ2) is 7.07. The summed E-state index contributed by atoms with van der Waals surface area (Å²) in [7, 11) is 1.71. The van der Waals surface area contributed by atoms with Crippen LogP contribution < -0.4 is 10.1 Å². The zero-order valence-electron chi connectivity index (χ0n) is 10.2. The first-order chi connectivity index (χ1) is 7.77. The van der Waals surface area contributed by atoms with E-state index in [1.807, 2.05) is 24.3 Å². The zero-order chi connectivity index (χ0) is 11.8. The molecule has 16 heavy (non-hydrogen) atoms. The van der Waals surface area contributed by atoms with Crippen molar-refractivity contribution in [2.45, 2.75) is 32.4 Å². The monoisotopic (exact) mass is 219 g/mol. The standard InChI is InChI=1S/C14H21NO/c1-4-5-8-12(2)15-11-13-9-6-7-10-14(13)16-3/h4,6-7,9-10,12,15H,1,5,8,11H2,2-3H3. The van der Waals surface area contributed by atoms with Crippen LogP contribution in [0.1, 0.15) is 25.3 Å². The molecule has 1 aromatic rings. The number of hydrogen-bond acceptors (Lipinski definition) is 2. The van der Waals surface area contributed by atoms with E-state index < -0.39 is 0 Å². The summed E-state index contributed by atoms with van der Waals surface area (Å²) in [6.45, 7) is 6.77. The molecule has 0 amide bonds. The highest BCUT2D eigenvalue weighted by Gasteiger charge is 2.03. The van der Waals surface area contributed by atoms with E-state index in [2.05, 4.69) is 24.9 Å². The molecule has 1 aromatic carbocycles. The summed E-state index contributed by atoms with van der Waals surface area (Å²) in [6.07, 6.45) is 4.14. The maximum absolute atomic E-state index is 5.30. The van der Waals surface area contributed by atoms with E-state index in [0.29, 0.717) is 6.04 Å². The van der Waals surface area contributed by atoms with Gasteiger partial charge in [0, 0.05) is 18.2 Å². The van der Waals surface area contributed by atoms with Gasteiger partial charge in [-0.05, 0) is 25.8 Å². The molecule has 1 atom stereocenters. The fraction of sp³-hybridized carbons (Fsp3) is 0.429. The fourth-order valence-corrected chi connectivity index (χ4v) is 1.60. The normalized spacial score (nSPS) is 12.1. The molecule has 0 bridgehead atoms. The molecule has 2 heteroatoms. The molecule has 0 heterocycles. The topological polar surface area (TPSA) is 21.3 Å². The van der Waals surface area contributed by atoms with Crippen molar-refractivity contribution in [2.75, 3.05) is 7.11 Å². The van der Waals surface area contributed by atoms with Gasteiger partial charge in [-0.3, -0.25) is 0 Å². The van der Waals surface area contributed by atoms with E-state index in [9.17, 15) is 0 Å². The van der Waals surface area contributed by atoms with Crippen molar-refractivity contribution >= 4 is 0 Å². The Morgan fingerprint density at radius 3 is 2.88 bits per heavy atom. The molecule has 1 rings (SSSR count). The molecular formula is C14H21NO. The molecule has 0 radical (unpaired) electrons. The number of allylic oxidation sites excluding steroid dienone is 1. The third-order valence-electron chi connectivity index (χ3n) is 2.64. The Bertz CT molecular complexity index is 322. The van der Waals surface area contributed by atoms with E-state index in [1.165, 1.54) is 5.56 Å². The van der Waals surface area contributed by atoms with Crippen molar-refractivity contribution in [1.82, 2.24) is 5.32 Å². The van der Waals surface area contributed by atoms with Gasteiger partial charge in [0.15, 0.2) is 0 Å². The molecule has 0 aliphatic carbocycles. The average Bonchev–Trinajstić information content (AvgIpc) is 2.34. The van der Waals surface area contributed by atoms with Gasteiger partial charge in [-0.2, -0.15) is 0 Å². The largest absolute Gasteiger partial charge is 0.496 e. The molecule has 88 valence electrons. The van der Waals surface area contributed by atoms with Gasteiger partial charge in [-0.25, -0.2) is 0 Å². The van der Waals surface area contributed by atoms with Crippen LogP contribution in [0.2, 0.25) is 0 Å². The lowest BCUT2D eigenvalue weighted by molar-refractivity contribution is 0.405. The predicted molar refractivity (Wildman–Crippen MR) is 68.7 cm³/mol. The van der Waals surface area contributed by atoms with Gasteiger partial charge in [0.25, 0.3) is 0 Å². The van der Waals surface area contributed by atoms with Gasteiger partial charge in [0.2, 0.25) is 0 Å². The van der Waals surface area contributed by atoms with Crippen molar-refractivity contribution in [2.24, 2.45) is 0 Å². The molecule has 1 unspecified atom stereocenters. The van der Waals surface area contributed by atoms with Crippen molar-refractivity contribution in [3.63, 3.8) is 0 Å². The minimum atomic E-state index is 0.503. The maximum Gasteiger partial charge on any atom is 0.123 e. The summed E-state index contributed by atoms with van der Waals surface area (Å²) >= 11 is 0. The van der Waals surface area contributed by atoms with Crippen molar-refractivity contribution in [3.05, 3.63) is 42.5 Å². The average molecular weight is 219 g/mol. The summed E-state index contributed by atoms with van der Waals surface area (Å²) in [6, 6.07) is 8.61. The lowest BCUT2D eigenvalue weighted by Gasteiger charge is -2.14. The van der Waals surface area contributed by atoms with Crippen LogP contribution in [0.4, 0.5) is 0 Å². The summed E-state index contributed by atoms with van der Waals surface area (Å²) in [5, 5.41) is 3.48. The summed E-state index contributed by atoms with van der Waals surface area (Å²) in [5.41, 5.74) is 1.20. The van der Waals surface area contributed by atoms with Gasteiger partial charge in [0.1, 0.15) is 5.75 Å². The molecular weight excluding hydrogens is 198 g/mol. The van der Waals surface area contributed by atoms with Crippen LogP contribution in [0.15, 0.2) is 36.9 Å². The van der Waals surface area contributed by atoms with Crippen molar-refractivity contribution < 1.29 is 4.74 Å². The highest BCUT2D eigenvalue weighted by molar-refractivity contribution is 5.32. The van der Waals surface area contributed by atoms with Crippen LogP contribution >= 0.6 is 0 Å². The summed E-state index contributed by atoms with van der Waals surface area (Å²) in [5.74, 6) is 0.950. The molecule has 0 aliphatic heterocycles. The summed E-state index contributed by atoms with van der Waals surface area (Å²) in [4.78, 5) is 0. The molecule has 0 fully saturated rings. The first-order valence-electron chi connectivity index (χ1n) is 5.74. The molecule has 0 saturated carbocycles. The van der Waals surface area contributed by atoms with Gasteiger partial charge < -0.3 is 10.1 Å². The Kier molecular flexibility index (Phi) is 5.65. The smallest absolute Gasteiger partial charge is 0.123 e. The Labute approximate surface area is 98.3 Å². The number of rotatable bonds is 7. The van der Waals surface area contributed by atoms with Crippen molar-refractivity contribution in [3.8, 4) is 5.75 Å². The van der Waals surface area contributed by atoms with E-state index >= 15 is 0 Å². The molecule has 1 N–H and O–H groups in total. The second-order valence-electron chi connectivity index (χ2n) is 3.96. The predicted octanol–water partition coefficient (Wildman–Crippen LogP) is 3.14. The van der Waals surface area contributed by atoms with Crippen LogP contribution in [0.25, 0.3) is 0 Å². The van der Waals surface area contributed by atoms with Gasteiger partial charge in [0.05, 0.1) is 7.11 Å². The second-order valence-corrected chi connectivity index (χ2v) is 3.96. The molecule has 0 aliphatic rings. The van der Waals surface area contributed by atoms with Crippen LogP contribution in [-0.2, 0) is 6.54 Å². The fourth-order valence-electron chi connectivity index (χ4n) is 1.60. The number of methoxy groups -OCH3 is 1. The first-order valence-corrected chi connectivity index (χ1v) is 5.74. The third kappa shape index (κ3) is 4.07. The van der Waals surface area contributed by atoms with Gasteiger partial charge >= 0.3 is 0 Å². The van der Waals surface area contributed by atoms with Crippen LogP contribution in [-0.4, -0.2) is 13.2 Å². The minimum Gasteiger partial charge on any atom is -0.496 e. The highest BCUT2D eigenvalue weighted by Crippen LogP contribution is 2.17. The first kappa shape index (κ1) is 12.8. The number of benzene rings is 1. The SMILES string of the molecule is C=CCCC(C)NCc1ccccc1OC. The molecule has 2 nitrogen and oxygen atoms in total. The number of hydrogen-bond donors (Lipinski definition) is 1. The van der Waals surface area contributed by atoms with Crippen molar-refractivity contribution in [1.29, 1.82) is 0 Å². The number of ether oxygens (including phenoxy) is 1. The van der Waals surface area contributed by atoms with E-state index in [1.54, 1.807) is 7.11 Å². The highest BCUT2D eigenvalue weighted by atomic mass is 16.5. The van der Waals surface area contributed by atoms with Crippen LogP contribution in [0.3, 0.4) is 0 Å². The van der Waals surface area contributed by atoms with Gasteiger partial charge in [-0.1, -0.05) is 24.3 Å². The molecule has 0 spiro atoms. The maximum atomic E-state index is 5.30. The van der Waals surface area contributed by atoms with E-state index in [0.717, 1.165) is 25.1 Å². The van der Waals surface area contributed by atoms with Crippen LogP contribution in [0, 0.1) is 0 Å². The minimum absolute atomic E-state index is 0.503. The van der Waals surface area contributed by atoms with Crippen LogP contribution in [0.5, 0.6) is 5.75 Å². The lowest BCUT2D eigenvalue weighted by atomic mass is 10.1. The van der Waals surface area contributed by atoms with E-state index in [4.69, 9.17) is 4.74 Å². The molecule has 0 saturated heterocycles.